The van der Waals surface area contributed by atoms with E-state index in [0.29, 0.717) is 6.54 Å². The standard InChI is InChI=1S/C9H12N2OS/c1-7-3-2-4-8(11-7)5-10-9(12)6-13/h2-4,13H,5-6H2,1H3,(H,10,12). The monoisotopic (exact) mass is 196 g/mol. The van der Waals surface area contributed by atoms with E-state index >= 15 is 0 Å². The van der Waals surface area contributed by atoms with Gasteiger partial charge in [0.15, 0.2) is 0 Å². The van der Waals surface area contributed by atoms with Crippen molar-refractivity contribution in [1.82, 2.24) is 10.3 Å². The minimum Gasteiger partial charge on any atom is -0.350 e. The first-order valence-corrected chi connectivity index (χ1v) is 4.65. The Hall–Kier alpha value is -1.03. The number of aryl methyl sites for hydroxylation is 1. The Morgan fingerprint density at radius 3 is 3.00 bits per heavy atom. The molecule has 0 fully saturated rings. The lowest BCUT2D eigenvalue weighted by molar-refractivity contribution is -0.118. The molecule has 0 aliphatic carbocycles. The number of nitrogens with one attached hydrogen (secondary N) is 1. The SMILES string of the molecule is Cc1cccc(CNC(=O)CS)n1. The van der Waals surface area contributed by atoms with Crippen molar-refractivity contribution in [2.75, 3.05) is 5.75 Å². The molecule has 0 unspecified atom stereocenters. The van der Waals surface area contributed by atoms with Gasteiger partial charge in [-0.15, -0.1) is 0 Å². The second-order valence-corrected chi connectivity index (χ2v) is 3.02. The summed E-state index contributed by atoms with van der Waals surface area (Å²) < 4.78 is 0. The maximum Gasteiger partial charge on any atom is 0.230 e. The van der Waals surface area contributed by atoms with E-state index in [2.05, 4.69) is 22.9 Å². The van der Waals surface area contributed by atoms with Gasteiger partial charge in [0.2, 0.25) is 5.91 Å². The predicted molar refractivity (Wildman–Crippen MR) is 54.7 cm³/mol. The van der Waals surface area contributed by atoms with Crippen LogP contribution in [0.5, 0.6) is 0 Å². The molecular weight excluding hydrogens is 184 g/mol. The van der Waals surface area contributed by atoms with Gasteiger partial charge >= 0.3 is 0 Å². The third-order valence-electron chi connectivity index (χ3n) is 1.56. The lowest BCUT2D eigenvalue weighted by Crippen LogP contribution is -2.24. The molecule has 0 aromatic carbocycles. The summed E-state index contributed by atoms with van der Waals surface area (Å²) in [5.41, 5.74) is 1.83. The topological polar surface area (TPSA) is 42.0 Å². The number of carbonyl (C=O) groups excluding carboxylic acids is 1. The molecule has 0 spiro atoms. The molecule has 1 aromatic rings. The number of carbonyl (C=O) groups is 1. The molecule has 1 rings (SSSR count). The summed E-state index contributed by atoms with van der Waals surface area (Å²) in [6.07, 6.45) is 0. The second-order valence-electron chi connectivity index (χ2n) is 2.71. The van der Waals surface area contributed by atoms with Crippen LogP contribution in [0.4, 0.5) is 0 Å². The van der Waals surface area contributed by atoms with Crippen LogP contribution in [0.3, 0.4) is 0 Å². The molecule has 0 aliphatic rings. The van der Waals surface area contributed by atoms with Crippen molar-refractivity contribution in [1.29, 1.82) is 0 Å². The smallest absolute Gasteiger partial charge is 0.230 e. The lowest BCUT2D eigenvalue weighted by Gasteiger charge is -2.02. The molecule has 3 nitrogen and oxygen atoms in total. The van der Waals surface area contributed by atoms with E-state index in [1.54, 1.807) is 0 Å². The van der Waals surface area contributed by atoms with Gasteiger partial charge < -0.3 is 5.32 Å². The molecule has 0 atom stereocenters. The molecule has 1 amide bonds. The number of thiol groups is 1. The zero-order valence-corrected chi connectivity index (χ0v) is 8.34. The molecule has 4 heteroatoms. The normalized spacial score (nSPS) is 9.69. The molecule has 1 N–H and O–H groups in total. The zero-order chi connectivity index (χ0) is 9.68. The van der Waals surface area contributed by atoms with Gasteiger partial charge in [0.1, 0.15) is 0 Å². The maximum atomic E-state index is 10.9. The molecule has 13 heavy (non-hydrogen) atoms. The van der Waals surface area contributed by atoms with Crippen molar-refractivity contribution < 1.29 is 4.79 Å². The van der Waals surface area contributed by atoms with Crippen molar-refractivity contribution in [3.05, 3.63) is 29.6 Å². The zero-order valence-electron chi connectivity index (χ0n) is 7.45. The fourth-order valence-electron chi connectivity index (χ4n) is 0.943. The van der Waals surface area contributed by atoms with Crippen molar-refractivity contribution >= 4 is 18.5 Å². The Labute approximate surface area is 83.0 Å². The summed E-state index contributed by atoms with van der Waals surface area (Å²) >= 11 is 3.85. The third-order valence-corrected chi connectivity index (χ3v) is 1.84. The molecule has 70 valence electrons. The van der Waals surface area contributed by atoms with Crippen LogP contribution in [0.15, 0.2) is 18.2 Å². The summed E-state index contributed by atoms with van der Waals surface area (Å²) in [5, 5.41) is 2.70. The molecule has 0 aliphatic heterocycles. The highest BCUT2D eigenvalue weighted by atomic mass is 32.1. The van der Waals surface area contributed by atoms with Crippen LogP contribution >= 0.6 is 12.6 Å². The van der Waals surface area contributed by atoms with Crippen LogP contribution in [0.1, 0.15) is 11.4 Å². The Morgan fingerprint density at radius 1 is 1.62 bits per heavy atom. The van der Waals surface area contributed by atoms with Crippen molar-refractivity contribution in [3.8, 4) is 0 Å². The molecule has 0 saturated heterocycles. The predicted octanol–water partition coefficient (Wildman–Crippen LogP) is 0.936. The number of pyridine rings is 1. The van der Waals surface area contributed by atoms with Crippen LogP contribution in [0.25, 0.3) is 0 Å². The summed E-state index contributed by atoms with van der Waals surface area (Å²) in [4.78, 5) is 15.1. The molecule has 0 saturated carbocycles. The number of amides is 1. The summed E-state index contributed by atoms with van der Waals surface area (Å²) in [5.74, 6) is 0.137. The maximum absolute atomic E-state index is 10.9. The molecular formula is C9H12N2OS. The van der Waals surface area contributed by atoms with E-state index < -0.39 is 0 Å². The van der Waals surface area contributed by atoms with E-state index in [9.17, 15) is 4.79 Å². The molecule has 1 heterocycles. The van der Waals surface area contributed by atoms with Gasteiger partial charge in [-0.1, -0.05) is 6.07 Å². The van der Waals surface area contributed by atoms with E-state index in [0.717, 1.165) is 11.4 Å². The number of rotatable bonds is 3. The Morgan fingerprint density at radius 2 is 2.38 bits per heavy atom. The van der Waals surface area contributed by atoms with E-state index in [4.69, 9.17) is 0 Å². The van der Waals surface area contributed by atoms with Gasteiger partial charge in [0.05, 0.1) is 18.0 Å². The van der Waals surface area contributed by atoms with Gasteiger partial charge in [0, 0.05) is 5.69 Å². The van der Waals surface area contributed by atoms with Crippen molar-refractivity contribution in [3.63, 3.8) is 0 Å². The Kier molecular flexibility index (Phi) is 3.76. The average Bonchev–Trinajstić information content (AvgIpc) is 2.14. The minimum absolute atomic E-state index is 0.0772. The minimum atomic E-state index is -0.0772. The van der Waals surface area contributed by atoms with Crippen LogP contribution in [-0.2, 0) is 11.3 Å². The molecule has 0 radical (unpaired) electrons. The molecule has 0 bridgehead atoms. The van der Waals surface area contributed by atoms with Crippen LogP contribution in [0.2, 0.25) is 0 Å². The number of hydrogen-bond acceptors (Lipinski definition) is 3. The van der Waals surface area contributed by atoms with Gasteiger partial charge in [-0.2, -0.15) is 12.6 Å². The highest BCUT2D eigenvalue weighted by molar-refractivity contribution is 7.81. The average molecular weight is 196 g/mol. The van der Waals surface area contributed by atoms with Crippen LogP contribution < -0.4 is 5.32 Å². The number of hydrogen-bond donors (Lipinski definition) is 2. The number of aromatic nitrogens is 1. The van der Waals surface area contributed by atoms with E-state index in [1.807, 2.05) is 25.1 Å². The third kappa shape index (κ3) is 3.46. The quantitative estimate of drug-likeness (QED) is 0.706. The van der Waals surface area contributed by atoms with Gasteiger partial charge in [-0.25, -0.2) is 0 Å². The molecule has 1 aromatic heterocycles. The summed E-state index contributed by atoms with van der Waals surface area (Å²) in [6, 6.07) is 5.72. The summed E-state index contributed by atoms with van der Waals surface area (Å²) in [7, 11) is 0. The number of nitrogens with zero attached hydrogens (tertiary/aromatic N) is 1. The summed E-state index contributed by atoms with van der Waals surface area (Å²) in [6.45, 7) is 2.39. The van der Waals surface area contributed by atoms with E-state index in [-0.39, 0.29) is 11.7 Å². The highest BCUT2D eigenvalue weighted by Gasteiger charge is 1.98. The van der Waals surface area contributed by atoms with Gasteiger partial charge in [-0.05, 0) is 19.1 Å². The fraction of sp³-hybridized carbons (Fsp3) is 0.333. The Bertz CT molecular complexity index is 301. The van der Waals surface area contributed by atoms with Crippen LogP contribution in [-0.4, -0.2) is 16.6 Å². The van der Waals surface area contributed by atoms with Gasteiger partial charge in [0.25, 0.3) is 0 Å². The first kappa shape index (κ1) is 10.1. The van der Waals surface area contributed by atoms with Crippen molar-refractivity contribution in [2.24, 2.45) is 0 Å². The lowest BCUT2D eigenvalue weighted by atomic mass is 10.3. The fourth-order valence-corrected chi connectivity index (χ4v) is 1.05. The second kappa shape index (κ2) is 4.87. The largest absolute Gasteiger partial charge is 0.350 e. The van der Waals surface area contributed by atoms with Gasteiger partial charge in [-0.3, -0.25) is 9.78 Å². The first-order valence-electron chi connectivity index (χ1n) is 4.02. The van der Waals surface area contributed by atoms with E-state index in [1.165, 1.54) is 0 Å². The van der Waals surface area contributed by atoms with Crippen molar-refractivity contribution in [2.45, 2.75) is 13.5 Å². The Balaban J connectivity index is 2.50. The first-order chi connectivity index (χ1) is 6.22. The van der Waals surface area contributed by atoms with Crippen LogP contribution in [0, 0.1) is 6.92 Å². The highest BCUT2D eigenvalue weighted by Crippen LogP contribution is 1.97.